The van der Waals surface area contributed by atoms with Crippen LogP contribution < -0.4 is 0 Å². The molecule has 1 fully saturated rings. The van der Waals surface area contributed by atoms with Crippen molar-refractivity contribution in [3.8, 4) is 10.7 Å². The fourth-order valence-electron chi connectivity index (χ4n) is 1.70. The summed E-state index contributed by atoms with van der Waals surface area (Å²) in [5.41, 5.74) is 1.34. The van der Waals surface area contributed by atoms with E-state index in [9.17, 15) is 4.79 Å². The number of imidazole rings is 1. The van der Waals surface area contributed by atoms with Crippen molar-refractivity contribution in [2.75, 3.05) is 7.11 Å². The van der Waals surface area contributed by atoms with E-state index in [1.54, 1.807) is 11.6 Å². The van der Waals surface area contributed by atoms with E-state index in [0.717, 1.165) is 10.7 Å². The number of nitrogens with zero attached hydrogens (tertiary/aromatic N) is 3. The van der Waals surface area contributed by atoms with Gasteiger partial charge in [0.25, 0.3) is 0 Å². The predicted octanol–water partition coefficient (Wildman–Crippen LogP) is 2.13. The summed E-state index contributed by atoms with van der Waals surface area (Å²) in [6.07, 6.45) is 6.00. The van der Waals surface area contributed by atoms with E-state index >= 15 is 0 Å². The molecule has 0 saturated heterocycles. The maximum atomic E-state index is 11.3. The Morgan fingerprint density at radius 1 is 1.59 bits per heavy atom. The van der Waals surface area contributed by atoms with E-state index in [2.05, 4.69) is 19.3 Å². The largest absolute Gasteiger partial charge is 0.464 e. The highest BCUT2D eigenvalue weighted by atomic mass is 32.1. The highest BCUT2D eigenvalue weighted by molar-refractivity contribution is 7.13. The average molecular weight is 249 g/mol. The zero-order valence-electron chi connectivity index (χ0n) is 9.29. The van der Waals surface area contributed by atoms with Crippen LogP contribution in [0.25, 0.3) is 10.7 Å². The molecule has 2 aromatic heterocycles. The van der Waals surface area contributed by atoms with Gasteiger partial charge in [-0.1, -0.05) is 0 Å². The van der Waals surface area contributed by atoms with E-state index in [4.69, 9.17) is 0 Å². The summed E-state index contributed by atoms with van der Waals surface area (Å²) in [4.78, 5) is 19.8. The first-order valence-corrected chi connectivity index (χ1v) is 6.23. The molecule has 0 bridgehead atoms. The van der Waals surface area contributed by atoms with Gasteiger partial charge in [0.1, 0.15) is 5.01 Å². The van der Waals surface area contributed by atoms with Crippen LogP contribution in [0.15, 0.2) is 17.9 Å². The summed E-state index contributed by atoms with van der Waals surface area (Å²) < 4.78 is 6.76. The zero-order chi connectivity index (χ0) is 11.8. The zero-order valence-corrected chi connectivity index (χ0v) is 10.1. The quantitative estimate of drug-likeness (QED) is 0.782. The first-order chi connectivity index (χ1) is 8.29. The Morgan fingerprint density at radius 2 is 2.41 bits per heavy atom. The topological polar surface area (TPSA) is 57.0 Å². The number of hydrogen-bond acceptors (Lipinski definition) is 5. The summed E-state index contributed by atoms with van der Waals surface area (Å²) >= 11 is 1.44. The third kappa shape index (κ3) is 1.84. The minimum atomic E-state index is -0.398. The van der Waals surface area contributed by atoms with E-state index in [0.29, 0.717) is 11.7 Å². The molecular formula is C11H11N3O2S. The Hall–Kier alpha value is -1.69. The van der Waals surface area contributed by atoms with Crippen molar-refractivity contribution in [1.82, 2.24) is 14.5 Å². The Labute approximate surface area is 102 Å². The lowest BCUT2D eigenvalue weighted by Gasteiger charge is -2.02. The SMILES string of the molecule is COC(=O)c1csc(-c2cncn2C2CC2)n1. The molecule has 0 N–H and O–H groups in total. The van der Waals surface area contributed by atoms with Gasteiger partial charge in [0.05, 0.1) is 25.3 Å². The van der Waals surface area contributed by atoms with Crippen LogP contribution in [0.5, 0.6) is 0 Å². The van der Waals surface area contributed by atoms with Gasteiger partial charge in [-0.25, -0.2) is 14.8 Å². The van der Waals surface area contributed by atoms with Crippen LogP contribution in [0.2, 0.25) is 0 Å². The van der Waals surface area contributed by atoms with E-state index < -0.39 is 5.97 Å². The van der Waals surface area contributed by atoms with Crippen molar-refractivity contribution in [2.45, 2.75) is 18.9 Å². The Balaban J connectivity index is 1.95. The summed E-state index contributed by atoms with van der Waals surface area (Å²) in [6, 6.07) is 0.554. The highest BCUT2D eigenvalue weighted by Gasteiger charge is 2.26. The van der Waals surface area contributed by atoms with Gasteiger partial charge in [0.2, 0.25) is 0 Å². The molecule has 0 amide bonds. The maximum Gasteiger partial charge on any atom is 0.357 e. The van der Waals surface area contributed by atoms with Crippen LogP contribution in [0.4, 0.5) is 0 Å². The highest BCUT2D eigenvalue weighted by Crippen LogP contribution is 2.38. The second kappa shape index (κ2) is 3.96. The van der Waals surface area contributed by atoms with Crippen LogP contribution in [-0.4, -0.2) is 27.6 Å². The summed E-state index contributed by atoms with van der Waals surface area (Å²) in [7, 11) is 1.36. The number of ether oxygens (including phenoxy) is 1. The van der Waals surface area contributed by atoms with Gasteiger partial charge in [-0.15, -0.1) is 11.3 Å². The molecule has 17 heavy (non-hydrogen) atoms. The number of rotatable bonds is 3. The first-order valence-electron chi connectivity index (χ1n) is 5.35. The number of aromatic nitrogens is 3. The first kappa shape index (κ1) is 10.5. The van der Waals surface area contributed by atoms with Crippen molar-refractivity contribution < 1.29 is 9.53 Å². The lowest BCUT2D eigenvalue weighted by atomic mass is 10.4. The van der Waals surface area contributed by atoms with Crippen LogP contribution >= 0.6 is 11.3 Å². The third-order valence-electron chi connectivity index (χ3n) is 2.72. The summed E-state index contributed by atoms with van der Waals surface area (Å²) in [6.45, 7) is 0. The molecule has 2 aromatic rings. The number of hydrogen-bond donors (Lipinski definition) is 0. The van der Waals surface area contributed by atoms with Gasteiger partial charge in [-0.3, -0.25) is 0 Å². The fraction of sp³-hybridized carbons (Fsp3) is 0.364. The van der Waals surface area contributed by atoms with Gasteiger partial charge in [0.15, 0.2) is 5.69 Å². The Morgan fingerprint density at radius 3 is 3.12 bits per heavy atom. The van der Waals surface area contributed by atoms with Gasteiger partial charge >= 0.3 is 5.97 Å². The van der Waals surface area contributed by atoms with Crippen molar-refractivity contribution >= 4 is 17.3 Å². The second-order valence-corrected chi connectivity index (χ2v) is 4.80. The molecule has 3 rings (SSSR count). The molecule has 0 atom stereocenters. The van der Waals surface area contributed by atoms with E-state index in [1.807, 2.05) is 6.33 Å². The molecular weight excluding hydrogens is 238 g/mol. The average Bonchev–Trinajstić information content (AvgIpc) is 2.91. The molecule has 0 aromatic carbocycles. The van der Waals surface area contributed by atoms with Crippen molar-refractivity contribution in [3.63, 3.8) is 0 Å². The second-order valence-electron chi connectivity index (χ2n) is 3.95. The number of methoxy groups -OCH3 is 1. The van der Waals surface area contributed by atoms with Crippen molar-refractivity contribution in [3.05, 3.63) is 23.6 Å². The van der Waals surface area contributed by atoms with E-state index in [-0.39, 0.29) is 0 Å². The van der Waals surface area contributed by atoms with Gasteiger partial charge in [-0.2, -0.15) is 0 Å². The molecule has 5 nitrogen and oxygen atoms in total. The number of thiazole rings is 1. The molecule has 0 unspecified atom stereocenters. The number of carbonyl (C=O) groups excluding carboxylic acids is 1. The smallest absolute Gasteiger partial charge is 0.357 e. The number of carbonyl (C=O) groups is 1. The molecule has 0 aliphatic heterocycles. The maximum absolute atomic E-state index is 11.3. The Kier molecular flexibility index (Phi) is 2.44. The molecule has 6 heteroatoms. The molecule has 2 heterocycles. The van der Waals surface area contributed by atoms with Crippen LogP contribution in [0, 0.1) is 0 Å². The lowest BCUT2D eigenvalue weighted by molar-refractivity contribution is 0.0595. The van der Waals surface area contributed by atoms with Crippen molar-refractivity contribution in [2.24, 2.45) is 0 Å². The molecule has 88 valence electrons. The van der Waals surface area contributed by atoms with Gasteiger partial charge in [-0.05, 0) is 12.8 Å². The minimum Gasteiger partial charge on any atom is -0.464 e. The monoisotopic (exact) mass is 249 g/mol. The van der Waals surface area contributed by atoms with Crippen LogP contribution in [0.1, 0.15) is 29.4 Å². The van der Waals surface area contributed by atoms with Crippen molar-refractivity contribution in [1.29, 1.82) is 0 Å². The summed E-state index contributed by atoms with van der Waals surface area (Å²) in [5, 5.41) is 2.53. The fourth-order valence-corrected chi connectivity index (χ4v) is 2.51. The Bertz CT molecular complexity index is 557. The van der Waals surface area contributed by atoms with Gasteiger partial charge in [0, 0.05) is 11.4 Å². The third-order valence-corrected chi connectivity index (χ3v) is 3.59. The van der Waals surface area contributed by atoms with E-state index in [1.165, 1.54) is 31.3 Å². The van der Waals surface area contributed by atoms with Crippen LogP contribution in [-0.2, 0) is 4.74 Å². The molecule has 0 spiro atoms. The summed E-state index contributed by atoms with van der Waals surface area (Å²) in [5.74, 6) is -0.398. The molecule has 1 aliphatic rings. The minimum absolute atomic E-state index is 0.357. The molecule has 0 radical (unpaired) electrons. The standard InChI is InChI=1S/C11H11N3O2S/c1-16-11(15)8-5-17-10(13-8)9-4-12-6-14(9)7-2-3-7/h4-7H,2-3H2,1H3. The molecule has 1 aliphatic carbocycles. The normalized spacial score (nSPS) is 14.9. The lowest BCUT2D eigenvalue weighted by Crippen LogP contribution is -2.01. The van der Waals surface area contributed by atoms with Crippen LogP contribution in [0.3, 0.4) is 0 Å². The predicted molar refractivity (Wildman–Crippen MR) is 62.9 cm³/mol. The number of esters is 1. The van der Waals surface area contributed by atoms with Gasteiger partial charge < -0.3 is 9.30 Å². The molecule has 1 saturated carbocycles.